The molecule has 1 aliphatic carbocycles. The lowest BCUT2D eigenvalue weighted by atomic mass is 9.97. The van der Waals surface area contributed by atoms with E-state index in [4.69, 9.17) is 0 Å². The minimum absolute atomic E-state index is 0.312. The topological polar surface area (TPSA) is 35.5 Å². The molecule has 0 bridgehead atoms. The Labute approximate surface area is 116 Å². The first-order valence-electron chi connectivity index (χ1n) is 7.21. The summed E-state index contributed by atoms with van der Waals surface area (Å²) in [5.74, 6) is 0.989. The van der Waals surface area contributed by atoms with Gasteiger partial charge in [0.2, 0.25) is 0 Å². The Morgan fingerprint density at radius 3 is 2.74 bits per heavy atom. The van der Waals surface area contributed by atoms with Gasteiger partial charge in [0.05, 0.1) is 0 Å². The number of phenolic OH excluding ortho intramolecular Hbond substituents is 1. The lowest BCUT2D eigenvalue weighted by Gasteiger charge is -2.17. The number of nitrogens with zero attached hydrogens (tertiary/aromatic N) is 1. The van der Waals surface area contributed by atoms with E-state index in [0.717, 1.165) is 31.5 Å². The van der Waals surface area contributed by atoms with Crippen molar-refractivity contribution < 1.29 is 5.11 Å². The predicted octanol–water partition coefficient (Wildman–Crippen LogP) is 2.79. The molecule has 2 N–H and O–H groups in total. The van der Waals surface area contributed by atoms with E-state index in [1.165, 1.54) is 11.1 Å². The first-order valence-corrected chi connectivity index (χ1v) is 7.21. The van der Waals surface area contributed by atoms with Crippen LogP contribution in [-0.4, -0.2) is 37.2 Å². The molecular formula is C16H26N2O. The van der Waals surface area contributed by atoms with E-state index >= 15 is 0 Å². The van der Waals surface area contributed by atoms with E-state index in [1.54, 1.807) is 0 Å². The SMILES string of the molecule is Cc1ccc(O)c2c1C(C)CC2NCCCN(C)C. The van der Waals surface area contributed by atoms with Crippen molar-refractivity contribution in [3.8, 4) is 5.75 Å². The summed E-state index contributed by atoms with van der Waals surface area (Å²) < 4.78 is 0. The van der Waals surface area contributed by atoms with E-state index in [-0.39, 0.29) is 0 Å². The third-order valence-electron chi connectivity index (χ3n) is 4.09. The zero-order valence-corrected chi connectivity index (χ0v) is 12.5. The Morgan fingerprint density at radius 1 is 1.32 bits per heavy atom. The molecule has 1 aromatic rings. The van der Waals surface area contributed by atoms with Gasteiger partial charge in [-0.2, -0.15) is 0 Å². The molecule has 0 amide bonds. The Balaban J connectivity index is 2.05. The van der Waals surface area contributed by atoms with Crippen LogP contribution in [0.4, 0.5) is 0 Å². The van der Waals surface area contributed by atoms with Crippen LogP contribution in [0.5, 0.6) is 5.75 Å². The van der Waals surface area contributed by atoms with Crippen LogP contribution in [0.1, 0.15) is 48.4 Å². The molecule has 19 heavy (non-hydrogen) atoms. The molecule has 0 fully saturated rings. The van der Waals surface area contributed by atoms with Gasteiger partial charge in [-0.15, -0.1) is 0 Å². The van der Waals surface area contributed by atoms with Crippen molar-refractivity contribution >= 4 is 0 Å². The Kier molecular flexibility index (Phi) is 4.48. The second-order valence-corrected chi connectivity index (χ2v) is 6.03. The molecule has 1 aromatic carbocycles. The van der Waals surface area contributed by atoms with Gasteiger partial charge in [0.1, 0.15) is 5.75 Å². The maximum absolute atomic E-state index is 10.1. The number of rotatable bonds is 5. The van der Waals surface area contributed by atoms with E-state index in [1.807, 2.05) is 12.1 Å². The van der Waals surface area contributed by atoms with Crippen molar-refractivity contribution in [2.75, 3.05) is 27.2 Å². The molecule has 106 valence electrons. The molecule has 0 spiro atoms. The first kappa shape index (κ1) is 14.4. The van der Waals surface area contributed by atoms with Crippen molar-refractivity contribution in [3.63, 3.8) is 0 Å². The van der Waals surface area contributed by atoms with E-state index in [0.29, 0.717) is 17.7 Å². The first-order chi connectivity index (χ1) is 9.00. The van der Waals surface area contributed by atoms with E-state index in [9.17, 15) is 5.11 Å². The molecule has 0 saturated carbocycles. The molecule has 2 atom stereocenters. The normalized spacial score (nSPS) is 21.9. The summed E-state index contributed by atoms with van der Waals surface area (Å²) in [6, 6.07) is 4.17. The highest BCUT2D eigenvalue weighted by molar-refractivity contribution is 5.50. The summed E-state index contributed by atoms with van der Waals surface area (Å²) in [6.45, 7) is 6.50. The fourth-order valence-corrected chi connectivity index (χ4v) is 3.20. The fraction of sp³-hybridized carbons (Fsp3) is 0.625. The summed E-state index contributed by atoms with van der Waals surface area (Å²) in [5.41, 5.74) is 3.79. The molecule has 0 heterocycles. The van der Waals surface area contributed by atoms with Gasteiger partial charge in [-0.3, -0.25) is 0 Å². The maximum Gasteiger partial charge on any atom is 0.120 e. The van der Waals surface area contributed by atoms with Crippen LogP contribution in [0.15, 0.2) is 12.1 Å². The zero-order valence-electron chi connectivity index (χ0n) is 12.5. The van der Waals surface area contributed by atoms with E-state index < -0.39 is 0 Å². The summed E-state index contributed by atoms with van der Waals surface area (Å²) in [4.78, 5) is 2.20. The van der Waals surface area contributed by atoms with Crippen LogP contribution in [-0.2, 0) is 0 Å². The summed E-state index contributed by atoms with van der Waals surface area (Å²) in [6.07, 6.45) is 2.23. The van der Waals surface area contributed by atoms with Crippen LogP contribution < -0.4 is 5.32 Å². The van der Waals surface area contributed by atoms with Crippen LogP contribution >= 0.6 is 0 Å². The van der Waals surface area contributed by atoms with Crippen molar-refractivity contribution in [2.24, 2.45) is 0 Å². The van der Waals surface area contributed by atoms with Gasteiger partial charge >= 0.3 is 0 Å². The molecule has 0 saturated heterocycles. The number of phenols is 1. The Bertz CT molecular complexity index is 443. The quantitative estimate of drug-likeness (QED) is 0.801. The molecule has 1 aliphatic rings. The molecule has 0 aromatic heterocycles. The number of fused-ring (bicyclic) bond motifs is 1. The molecule has 0 aliphatic heterocycles. The minimum Gasteiger partial charge on any atom is -0.508 e. The number of aromatic hydroxyl groups is 1. The second kappa shape index (κ2) is 5.93. The van der Waals surface area contributed by atoms with Crippen molar-refractivity contribution in [1.82, 2.24) is 10.2 Å². The molecular weight excluding hydrogens is 236 g/mol. The summed E-state index contributed by atoms with van der Waals surface area (Å²) in [7, 11) is 4.20. The lowest BCUT2D eigenvalue weighted by molar-refractivity contribution is 0.382. The van der Waals surface area contributed by atoms with Gasteiger partial charge in [-0.05, 0) is 70.1 Å². The van der Waals surface area contributed by atoms with Crippen molar-refractivity contribution in [2.45, 2.75) is 38.6 Å². The molecule has 0 radical (unpaired) electrons. The Hall–Kier alpha value is -1.06. The summed E-state index contributed by atoms with van der Waals surface area (Å²) in [5, 5.41) is 13.7. The number of aryl methyl sites for hydroxylation is 1. The van der Waals surface area contributed by atoms with Gasteiger partial charge in [-0.25, -0.2) is 0 Å². The molecule has 3 heteroatoms. The van der Waals surface area contributed by atoms with Crippen LogP contribution in [0.3, 0.4) is 0 Å². The minimum atomic E-state index is 0.312. The van der Waals surface area contributed by atoms with Crippen molar-refractivity contribution in [1.29, 1.82) is 0 Å². The maximum atomic E-state index is 10.1. The standard InChI is InChI=1S/C16H26N2O/c1-11-6-7-14(19)16-13(10-12(2)15(11)16)17-8-5-9-18(3)4/h6-7,12-13,17,19H,5,8-10H2,1-4H3. The highest BCUT2D eigenvalue weighted by Gasteiger charge is 2.31. The average Bonchev–Trinajstić information content (AvgIpc) is 2.68. The molecule has 2 rings (SSSR count). The Morgan fingerprint density at radius 2 is 2.05 bits per heavy atom. The second-order valence-electron chi connectivity index (χ2n) is 6.03. The predicted molar refractivity (Wildman–Crippen MR) is 79.8 cm³/mol. The summed E-state index contributed by atoms with van der Waals surface area (Å²) >= 11 is 0. The molecule has 2 unspecified atom stereocenters. The van der Waals surface area contributed by atoms with Crippen LogP contribution in [0.25, 0.3) is 0 Å². The van der Waals surface area contributed by atoms with Gasteiger partial charge in [0, 0.05) is 11.6 Å². The molecule has 3 nitrogen and oxygen atoms in total. The van der Waals surface area contributed by atoms with Gasteiger partial charge < -0.3 is 15.3 Å². The smallest absolute Gasteiger partial charge is 0.120 e. The van der Waals surface area contributed by atoms with Crippen LogP contribution in [0.2, 0.25) is 0 Å². The van der Waals surface area contributed by atoms with Crippen LogP contribution in [0, 0.1) is 6.92 Å². The largest absolute Gasteiger partial charge is 0.508 e. The zero-order chi connectivity index (χ0) is 14.0. The van der Waals surface area contributed by atoms with Gasteiger partial charge in [0.25, 0.3) is 0 Å². The number of hydrogen-bond acceptors (Lipinski definition) is 3. The highest BCUT2D eigenvalue weighted by atomic mass is 16.3. The number of hydrogen-bond donors (Lipinski definition) is 2. The van der Waals surface area contributed by atoms with Gasteiger partial charge in [0.15, 0.2) is 0 Å². The third-order valence-corrected chi connectivity index (χ3v) is 4.09. The van der Waals surface area contributed by atoms with E-state index in [2.05, 4.69) is 38.2 Å². The highest BCUT2D eigenvalue weighted by Crippen LogP contribution is 2.45. The third kappa shape index (κ3) is 3.10. The number of nitrogens with one attached hydrogen (secondary N) is 1. The average molecular weight is 262 g/mol. The monoisotopic (exact) mass is 262 g/mol. The van der Waals surface area contributed by atoms with Gasteiger partial charge in [-0.1, -0.05) is 13.0 Å². The van der Waals surface area contributed by atoms with Crippen molar-refractivity contribution in [3.05, 3.63) is 28.8 Å². The lowest BCUT2D eigenvalue weighted by Crippen LogP contribution is -2.24. The number of benzene rings is 1. The fourth-order valence-electron chi connectivity index (χ4n) is 3.20.